The van der Waals surface area contributed by atoms with Crippen LogP contribution in [0.15, 0.2) is 96.3 Å². The number of thiazole rings is 1. The minimum Gasteiger partial charge on any atom is -0.388 e. The van der Waals surface area contributed by atoms with E-state index in [0.29, 0.717) is 80.3 Å². The van der Waals surface area contributed by atoms with E-state index in [9.17, 15) is 19.5 Å². The topological polar surface area (TPSA) is 139 Å². The molecule has 0 spiro atoms. The SMILES string of the molecule is Cc1ccc(-c2nc(C)c(C(=O)N3CC[C@@H](C(=O)N4CCC(O)(Cn5cnc6c(ccn6-c6cccc(N7CCOCC7)c6)c5=O)CC4)[C@H](c4ccccc4)C3)s2)cn1. The number of piperidine rings is 2. The highest BCUT2D eigenvalue weighted by Crippen LogP contribution is 2.37. The van der Waals surface area contributed by atoms with E-state index in [2.05, 4.69) is 22.0 Å². The highest BCUT2D eigenvalue weighted by molar-refractivity contribution is 7.17. The fourth-order valence-electron chi connectivity index (χ4n) is 8.82. The number of hydrogen-bond acceptors (Lipinski definition) is 10. The Kier molecular flexibility index (Phi) is 10.6. The van der Waals surface area contributed by atoms with Gasteiger partial charge >= 0.3 is 0 Å². The van der Waals surface area contributed by atoms with E-state index < -0.39 is 5.60 Å². The summed E-state index contributed by atoms with van der Waals surface area (Å²) in [7, 11) is 0. The average molecular weight is 813 g/mol. The molecule has 14 heteroatoms. The number of morpholine rings is 1. The molecule has 13 nitrogen and oxygen atoms in total. The van der Waals surface area contributed by atoms with Crippen LogP contribution in [0.2, 0.25) is 0 Å². The maximum Gasteiger partial charge on any atom is 0.265 e. The molecule has 0 bridgehead atoms. The molecule has 3 saturated heterocycles. The summed E-state index contributed by atoms with van der Waals surface area (Å²) in [5, 5.41) is 13.1. The van der Waals surface area contributed by atoms with Crippen molar-refractivity contribution in [3.8, 4) is 16.3 Å². The molecule has 1 N–H and O–H groups in total. The first-order valence-electron chi connectivity index (χ1n) is 20.4. The van der Waals surface area contributed by atoms with Crippen LogP contribution in [0.5, 0.6) is 0 Å². The number of pyridine rings is 1. The van der Waals surface area contributed by atoms with Crippen molar-refractivity contribution in [2.75, 3.05) is 57.4 Å². The number of hydrogen-bond donors (Lipinski definition) is 1. The lowest BCUT2D eigenvalue weighted by molar-refractivity contribution is -0.142. The zero-order chi connectivity index (χ0) is 40.7. The van der Waals surface area contributed by atoms with Gasteiger partial charge in [-0.25, -0.2) is 9.97 Å². The lowest BCUT2D eigenvalue weighted by Crippen LogP contribution is -2.53. The number of carbonyl (C=O) groups excluding carboxylic acids is 2. The molecule has 9 rings (SSSR count). The van der Waals surface area contributed by atoms with Crippen LogP contribution in [0.3, 0.4) is 0 Å². The zero-order valence-electron chi connectivity index (χ0n) is 33.4. The molecule has 7 heterocycles. The van der Waals surface area contributed by atoms with Gasteiger partial charge in [0.05, 0.1) is 36.4 Å². The molecule has 59 heavy (non-hydrogen) atoms. The number of nitrogens with zero attached hydrogens (tertiary/aromatic N) is 8. The Bertz CT molecular complexity index is 2540. The Balaban J connectivity index is 0.869. The van der Waals surface area contributed by atoms with Crippen LogP contribution >= 0.6 is 11.3 Å². The number of aromatic nitrogens is 5. The third-order valence-electron chi connectivity index (χ3n) is 12.2. The third-order valence-corrected chi connectivity index (χ3v) is 13.4. The first kappa shape index (κ1) is 38.8. The van der Waals surface area contributed by atoms with Crippen LogP contribution in [0.1, 0.15) is 51.8 Å². The largest absolute Gasteiger partial charge is 0.388 e. The van der Waals surface area contributed by atoms with Crippen molar-refractivity contribution in [1.82, 2.24) is 33.9 Å². The van der Waals surface area contributed by atoms with Crippen molar-refractivity contribution in [3.05, 3.63) is 124 Å². The van der Waals surface area contributed by atoms with E-state index in [4.69, 9.17) is 14.7 Å². The molecule has 2 amide bonds. The summed E-state index contributed by atoms with van der Waals surface area (Å²) in [5.41, 5.74) is 4.68. The van der Waals surface area contributed by atoms with E-state index in [-0.39, 0.29) is 35.8 Å². The average Bonchev–Trinajstić information content (AvgIpc) is 3.89. The quantitative estimate of drug-likeness (QED) is 0.213. The first-order chi connectivity index (χ1) is 28.6. The first-order valence-corrected chi connectivity index (χ1v) is 21.2. The van der Waals surface area contributed by atoms with Gasteiger partial charge < -0.3 is 29.1 Å². The zero-order valence-corrected chi connectivity index (χ0v) is 34.2. The van der Waals surface area contributed by atoms with Gasteiger partial charge in [0, 0.05) is 86.1 Å². The molecule has 2 atom stereocenters. The third kappa shape index (κ3) is 7.79. The molecule has 0 saturated carbocycles. The Labute approximate surface area is 346 Å². The Hall–Kier alpha value is -5.70. The molecule has 3 aliphatic rings. The molecule has 3 fully saturated rings. The number of benzene rings is 2. The van der Waals surface area contributed by atoms with Crippen molar-refractivity contribution in [2.24, 2.45) is 5.92 Å². The summed E-state index contributed by atoms with van der Waals surface area (Å²) >= 11 is 1.38. The van der Waals surface area contributed by atoms with Crippen LogP contribution in [0.4, 0.5) is 5.69 Å². The van der Waals surface area contributed by atoms with Gasteiger partial charge in [-0.2, -0.15) is 0 Å². The van der Waals surface area contributed by atoms with Gasteiger partial charge in [-0.3, -0.25) is 23.9 Å². The van der Waals surface area contributed by atoms with E-state index in [1.54, 1.807) is 12.3 Å². The molecule has 3 aliphatic heterocycles. The fourth-order valence-corrected chi connectivity index (χ4v) is 9.84. The van der Waals surface area contributed by atoms with E-state index in [1.807, 2.05) is 89.0 Å². The molecule has 2 aromatic carbocycles. The fraction of sp³-hybridized carbons (Fsp3) is 0.378. The number of aliphatic hydroxyl groups is 1. The van der Waals surface area contributed by atoms with Gasteiger partial charge in [-0.15, -0.1) is 11.3 Å². The summed E-state index contributed by atoms with van der Waals surface area (Å²) in [6.07, 6.45) is 6.36. The molecule has 0 unspecified atom stereocenters. The summed E-state index contributed by atoms with van der Waals surface area (Å²) < 4.78 is 8.94. The molecule has 4 aromatic heterocycles. The Morgan fingerprint density at radius 1 is 0.898 bits per heavy atom. The number of rotatable bonds is 8. The van der Waals surface area contributed by atoms with Gasteiger partial charge in [-0.1, -0.05) is 36.4 Å². The summed E-state index contributed by atoms with van der Waals surface area (Å²) in [5.74, 6) is -0.548. The van der Waals surface area contributed by atoms with Gasteiger partial charge in [0.2, 0.25) is 5.91 Å². The standard InChI is InChI=1S/C45H48N8O5S/c1-30-11-12-33(26-46-30)41-48-31(2)39(59-41)44(56)51-17-13-36(38(27-51)32-7-4-3-5-8-32)42(54)50-19-15-45(57,16-20-50)28-52-29-47-40-37(43(52)55)14-18-53(40)35-10-6-9-34(25-35)49-21-23-58-24-22-49/h3-12,14,18,25-26,29,36,38,57H,13,15-17,19-24,27-28H2,1-2H3/t36-,38+/m1/s1. The van der Waals surface area contributed by atoms with Gasteiger partial charge in [-0.05, 0) is 75.1 Å². The predicted molar refractivity (Wildman–Crippen MR) is 227 cm³/mol. The van der Waals surface area contributed by atoms with E-state index in [0.717, 1.165) is 46.3 Å². The van der Waals surface area contributed by atoms with Crippen molar-refractivity contribution in [2.45, 2.75) is 51.2 Å². The molecule has 304 valence electrons. The van der Waals surface area contributed by atoms with Gasteiger partial charge in [0.1, 0.15) is 16.2 Å². The number of amides is 2. The van der Waals surface area contributed by atoms with Crippen LogP contribution < -0.4 is 10.5 Å². The van der Waals surface area contributed by atoms with E-state index in [1.165, 1.54) is 22.2 Å². The van der Waals surface area contributed by atoms with Crippen molar-refractivity contribution in [3.63, 3.8) is 0 Å². The van der Waals surface area contributed by atoms with Gasteiger partial charge in [0.25, 0.3) is 11.5 Å². The monoisotopic (exact) mass is 812 g/mol. The maximum absolute atomic E-state index is 14.4. The molecule has 0 radical (unpaired) electrons. The number of fused-ring (bicyclic) bond motifs is 1. The van der Waals surface area contributed by atoms with Crippen molar-refractivity contribution in [1.29, 1.82) is 0 Å². The van der Waals surface area contributed by atoms with Crippen LogP contribution in [-0.2, 0) is 16.1 Å². The molecular formula is C45H48N8O5S. The molecule has 0 aliphatic carbocycles. The minimum absolute atomic E-state index is 0.0374. The lowest BCUT2D eigenvalue weighted by Gasteiger charge is -2.43. The summed E-state index contributed by atoms with van der Waals surface area (Å²) in [6.45, 7) is 8.53. The van der Waals surface area contributed by atoms with E-state index >= 15 is 0 Å². The van der Waals surface area contributed by atoms with Crippen molar-refractivity contribution < 1.29 is 19.4 Å². The highest BCUT2D eigenvalue weighted by atomic mass is 32.1. The summed E-state index contributed by atoms with van der Waals surface area (Å²) in [4.78, 5) is 62.7. The van der Waals surface area contributed by atoms with Crippen LogP contribution in [0.25, 0.3) is 27.3 Å². The molecule has 6 aromatic rings. The second-order valence-corrected chi connectivity index (χ2v) is 17.1. The minimum atomic E-state index is -1.18. The number of ether oxygens (including phenoxy) is 1. The Morgan fingerprint density at radius 2 is 1.68 bits per heavy atom. The molecular weight excluding hydrogens is 765 g/mol. The number of carbonyl (C=O) groups is 2. The lowest BCUT2D eigenvalue weighted by atomic mass is 9.79. The smallest absolute Gasteiger partial charge is 0.265 e. The number of anilines is 1. The Morgan fingerprint density at radius 3 is 2.44 bits per heavy atom. The van der Waals surface area contributed by atoms with Crippen molar-refractivity contribution >= 4 is 39.9 Å². The number of aryl methyl sites for hydroxylation is 2. The van der Waals surface area contributed by atoms with Crippen LogP contribution in [-0.4, -0.2) is 109 Å². The highest BCUT2D eigenvalue weighted by Gasteiger charge is 2.42. The van der Waals surface area contributed by atoms with Gasteiger partial charge in [0.15, 0.2) is 5.65 Å². The normalized spacial score (nSPS) is 19.6. The van der Waals surface area contributed by atoms with Crippen LogP contribution in [0, 0.1) is 19.8 Å². The maximum atomic E-state index is 14.4. The predicted octanol–water partition coefficient (Wildman–Crippen LogP) is 5.46. The second-order valence-electron chi connectivity index (χ2n) is 16.1. The second kappa shape index (κ2) is 16.2. The number of likely N-dealkylation sites (tertiary alicyclic amines) is 2. The summed E-state index contributed by atoms with van der Waals surface area (Å²) in [6, 6.07) is 23.9.